The molecule has 1 heterocycles. The lowest BCUT2D eigenvalue weighted by Crippen LogP contribution is -2.21. The van der Waals surface area contributed by atoms with E-state index in [-0.39, 0.29) is 17.4 Å². The fraction of sp³-hybridized carbons (Fsp3) is 0.167. The minimum Gasteiger partial charge on any atom is -0.348 e. The molecule has 2 N–H and O–H groups in total. The maximum atomic E-state index is 12.9. The number of halogens is 1. The van der Waals surface area contributed by atoms with E-state index < -0.39 is 0 Å². The molecule has 0 saturated carbocycles. The van der Waals surface area contributed by atoms with Crippen LogP contribution in [0.25, 0.3) is 0 Å². The first-order valence-electron chi connectivity index (χ1n) is 7.63. The average Bonchev–Trinajstić information content (AvgIpc) is 2.60. The van der Waals surface area contributed by atoms with Crippen LogP contribution in [0.5, 0.6) is 0 Å². The minimum absolute atomic E-state index is 0.0147. The van der Waals surface area contributed by atoms with Gasteiger partial charge >= 0.3 is 0 Å². The summed E-state index contributed by atoms with van der Waals surface area (Å²) in [5, 5.41) is 11.1. The fourth-order valence-electron chi connectivity index (χ4n) is 2.37. The van der Waals surface area contributed by atoms with E-state index in [4.69, 9.17) is 0 Å². The molecular weight excluding hydrogens is 307 g/mol. The van der Waals surface area contributed by atoms with Gasteiger partial charge in [-0.2, -0.15) is 0 Å². The zero-order valence-corrected chi connectivity index (χ0v) is 13.2. The number of aromatic nitrogens is 3. The Labute approximate surface area is 138 Å². The lowest BCUT2D eigenvalue weighted by Gasteiger charge is -2.14. The van der Waals surface area contributed by atoms with Gasteiger partial charge < -0.3 is 5.32 Å². The highest BCUT2D eigenvalue weighted by Crippen LogP contribution is 2.15. The number of H-pyrrole nitrogens is 1. The van der Waals surface area contributed by atoms with Crippen LogP contribution in [0.1, 0.15) is 29.8 Å². The maximum Gasteiger partial charge on any atom is 0.274 e. The summed E-state index contributed by atoms with van der Waals surface area (Å²) in [5.41, 5.74) is 1.86. The molecule has 0 bridgehead atoms. The molecular formula is C18H17FN4O. The molecule has 0 radical (unpaired) electrons. The summed E-state index contributed by atoms with van der Waals surface area (Å²) in [4.78, 5) is 14.9. The summed E-state index contributed by atoms with van der Waals surface area (Å²) >= 11 is 0. The van der Waals surface area contributed by atoms with Crippen LogP contribution < -0.4 is 10.9 Å². The first-order chi connectivity index (χ1) is 11.6. The Balaban J connectivity index is 1.72. The van der Waals surface area contributed by atoms with E-state index in [1.165, 1.54) is 12.1 Å². The van der Waals surface area contributed by atoms with Crippen molar-refractivity contribution in [1.82, 2.24) is 15.2 Å². The molecule has 122 valence electrons. The van der Waals surface area contributed by atoms with Crippen LogP contribution in [0.4, 0.5) is 10.3 Å². The topological polar surface area (TPSA) is 70.7 Å². The summed E-state index contributed by atoms with van der Waals surface area (Å²) in [6, 6.07) is 15.8. The quantitative estimate of drug-likeness (QED) is 0.757. The van der Waals surface area contributed by atoms with Gasteiger partial charge in [-0.05, 0) is 30.2 Å². The molecule has 3 aromatic rings. The largest absolute Gasteiger partial charge is 0.348 e. The minimum atomic E-state index is -0.312. The second-order valence-corrected chi connectivity index (χ2v) is 5.53. The Kier molecular flexibility index (Phi) is 4.65. The Bertz CT molecular complexity index is 862. The van der Waals surface area contributed by atoms with E-state index in [2.05, 4.69) is 20.5 Å². The van der Waals surface area contributed by atoms with Crippen molar-refractivity contribution in [2.45, 2.75) is 19.4 Å². The molecule has 0 aliphatic rings. The third-order valence-electron chi connectivity index (χ3n) is 3.70. The zero-order chi connectivity index (χ0) is 16.9. The van der Waals surface area contributed by atoms with Crippen molar-refractivity contribution in [2.24, 2.45) is 0 Å². The number of anilines is 1. The summed E-state index contributed by atoms with van der Waals surface area (Å²) in [6.07, 6.45) is 0.303. The number of hydrogen-bond acceptors (Lipinski definition) is 4. The van der Waals surface area contributed by atoms with Gasteiger partial charge in [-0.1, -0.05) is 42.5 Å². The van der Waals surface area contributed by atoms with Crippen molar-refractivity contribution < 1.29 is 4.39 Å². The van der Waals surface area contributed by atoms with E-state index in [1.807, 2.05) is 37.3 Å². The second-order valence-electron chi connectivity index (χ2n) is 5.53. The molecule has 2 aromatic carbocycles. The number of aromatic amines is 1. The predicted octanol–water partition coefficient (Wildman–Crippen LogP) is 3.07. The van der Waals surface area contributed by atoms with Crippen LogP contribution in [-0.2, 0) is 6.42 Å². The van der Waals surface area contributed by atoms with E-state index in [1.54, 1.807) is 12.1 Å². The summed E-state index contributed by atoms with van der Waals surface area (Å²) in [6.45, 7) is 1.97. The van der Waals surface area contributed by atoms with Gasteiger partial charge in [-0.3, -0.25) is 9.78 Å². The van der Waals surface area contributed by atoms with E-state index in [0.29, 0.717) is 18.1 Å². The highest BCUT2D eigenvalue weighted by atomic mass is 19.1. The Morgan fingerprint density at radius 2 is 1.79 bits per heavy atom. The lowest BCUT2D eigenvalue weighted by atomic mass is 10.1. The molecule has 24 heavy (non-hydrogen) atoms. The molecule has 0 amide bonds. The Hall–Kier alpha value is -3.02. The van der Waals surface area contributed by atoms with Crippen LogP contribution in [0.2, 0.25) is 0 Å². The number of nitrogens with zero attached hydrogens (tertiary/aromatic N) is 2. The van der Waals surface area contributed by atoms with Crippen LogP contribution in [0.15, 0.2) is 59.4 Å². The molecule has 0 aliphatic carbocycles. The van der Waals surface area contributed by atoms with Gasteiger partial charge in [-0.15, -0.1) is 10.2 Å². The van der Waals surface area contributed by atoms with Gasteiger partial charge in [0.15, 0.2) is 0 Å². The molecule has 1 atom stereocenters. The van der Waals surface area contributed by atoms with Gasteiger partial charge in [-0.25, -0.2) is 4.39 Å². The van der Waals surface area contributed by atoms with Crippen LogP contribution >= 0.6 is 0 Å². The zero-order valence-electron chi connectivity index (χ0n) is 13.2. The fourth-order valence-corrected chi connectivity index (χ4v) is 2.37. The molecule has 1 aromatic heterocycles. The molecule has 0 fully saturated rings. The molecule has 0 aliphatic heterocycles. The number of rotatable bonds is 5. The first kappa shape index (κ1) is 15.9. The lowest BCUT2D eigenvalue weighted by molar-refractivity contribution is 0.627. The molecule has 3 rings (SSSR count). The van der Waals surface area contributed by atoms with E-state index in [9.17, 15) is 9.18 Å². The van der Waals surface area contributed by atoms with E-state index >= 15 is 0 Å². The van der Waals surface area contributed by atoms with Crippen molar-refractivity contribution in [3.63, 3.8) is 0 Å². The van der Waals surface area contributed by atoms with Crippen molar-refractivity contribution in [1.29, 1.82) is 0 Å². The SMILES string of the molecule is CC(Nc1nnc(Cc2ccc(F)cc2)c(=O)[nH]1)c1ccccc1. The normalized spacial score (nSPS) is 11.9. The second kappa shape index (κ2) is 7.04. The van der Waals surface area contributed by atoms with Gasteiger partial charge in [0.25, 0.3) is 5.56 Å². The van der Waals surface area contributed by atoms with Crippen molar-refractivity contribution in [3.05, 3.63) is 87.6 Å². The number of nitrogens with one attached hydrogen (secondary N) is 2. The first-order valence-corrected chi connectivity index (χ1v) is 7.63. The standard InChI is InChI=1S/C18H17FN4O/c1-12(14-5-3-2-4-6-14)20-18-21-17(24)16(22-23-18)11-13-7-9-15(19)10-8-13/h2-10,12H,11H2,1H3,(H2,20,21,23,24). The average molecular weight is 324 g/mol. The number of benzene rings is 2. The van der Waals surface area contributed by atoms with Crippen LogP contribution in [0.3, 0.4) is 0 Å². The Morgan fingerprint density at radius 1 is 1.08 bits per heavy atom. The van der Waals surface area contributed by atoms with Crippen molar-refractivity contribution in [2.75, 3.05) is 5.32 Å². The molecule has 1 unspecified atom stereocenters. The van der Waals surface area contributed by atoms with Crippen molar-refractivity contribution >= 4 is 5.95 Å². The monoisotopic (exact) mass is 324 g/mol. The summed E-state index contributed by atoms with van der Waals surface area (Å²) in [5.74, 6) is 0.00685. The van der Waals surface area contributed by atoms with Crippen LogP contribution in [-0.4, -0.2) is 15.2 Å². The third-order valence-corrected chi connectivity index (χ3v) is 3.70. The summed E-state index contributed by atoms with van der Waals surface area (Å²) < 4.78 is 12.9. The molecule has 6 heteroatoms. The summed E-state index contributed by atoms with van der Waals surface area (Å²) in [7, 11) is 0. The van der Waals surface area contributed by atoms with Crippen molar-refractivity contribution in [3.8, 4) is 0 Å². The van der Waals surface area contributed by atoms with E-state index in [0.717, 1.165) is 11.1 Å². The van der Waals surface area contributed by atoms with Gasteiger partial charge in [0.1, 0.15) is 11.5 Å². The van der Waals surface area contributed by atoms with Gasteiger partial charge in [0.2, 0.25) is 5.95 Å². The van der Waals surface area contributed by atoms with Crippen LogP contribution in [0, 0.1) is 5.82 Å². The highest BCUT2D eigenvalue weighted by molar-refractivity contribution is 5.30. The predicted molar refractivity (Wildman–Crippen MR) is 90.3 cm³/mol. The maximum absolute atomic E-state index is 12.9. The van der Waals surface area contributed by atoms with Gasteiger partial charge in [0, 0.05) is 6.42 Å². The smallest absolute Gasteiger partial charge is 0.274 e. The Morgan fingerprint density at radius 3 is 2.46 bits per heavy atom. The molecule has 0 spiro atoms. The number of hydrogen-bond donors (Lipinski definition) is 2. The molecule has 0 saturated heterocycles. The molecule has 5 nitrogen and oxygen atoms in total. The van der Waals surface area contributed by atoms with Gasteiger partial charge in [0.05, 0.1) is 6.04 Å². The highest BCUT2D eigenvalue weighted by Gasteiger charge is 2.09. The third kappa shape index (κ3) is 3.84.